The van der Waals surface area contributed by atoms with E-state index in [0.717, 1.165) is 91.8 Å². The normalized spacial score (nSPS) is 12.7. The maximum absolute atomic E-state index is 14.3. The van der Waals surface area contributed by atoms with Crippen molar-refractivity contribution in [3.63, 3.8) is 0 Å². The first-order chi connectivity index (χ1) is 25.3. The molecule has 0 spiro atoms. The molecule has 0 saturated heterocycles. The van der Waals surface area contributed by atoms with Crippen LogP contribution in [0.5, 0.6) is 11.5 Å². The summed E-state index contributed by atoms with van der Waals surface area (Å²) < 4.78 is 35.5. The van der Waals surface area contributed by atoms with Gasteiger partial charge in [-0.1, -0.05) is 29.8 Å². The van der Waals surface area contributed by atoms with E-state index in [-0.39, 0.29) is 19.0 Å². The molecule has 8 nitrogen and oxygen atoms in total. The highest BCUT2D eigenvalue weighted by Crippen LogP contribution is 2.43. The lowest BCUT2D eigenvalue weighted by Crippen LogP contribution is -2.13. The van der Waals surface area contributed by atoms with Crippen LogP contribution in [0.2, 0.25) is 5.02 Å². The number of aromatic nitrogens is 3. The Balaban J connectivity index is 1.19. The van der Waals surface area contributed by atoms with Crippen LogP contribution in [0.15, 0.2) is 71.6 Å². The van der Waals surface area contributed by atoms with Crippen LogP contribution in [0, 0.1) is 5.82 Å². The van der Waals surface area contributed by atoms with Gasteiger partial charge >= 0.3 is 5.97 Å². The maximum atomic E-state index is 14.3. The van der Waals surface area contributed by atoms with Crippen molar-refractivity contribution < 1.29 is 28.5 Å². The first-order valence-electron chi connectivity index (χ1n) is 17.6. The number of benzene rings is 4. The van der Waals surface area contributed by atoms with Crippen molar-refractivity contribution in [1.29, 1.82) is 0 Å². The Morgan fingerprint density at radius 3 is 2.62 bits per heavy atom. The molecule has 6 aromatic rings. The van der Waals surface area contributed by atoms with Gasteiger partial charge in [-0.3, -0.25) is 4.68 Å². The molecule has 270 valence electrons. The largest absolute Gasteiger partial charge is 0.497 e. The molecule has 3 heterocycles. The molecule has 11 heteroatoms. The summed E-state index contributed by atoms with van der Waals surface area (Å²) in [6.45, 7) is 2.97. The Morgan fingerprint density at radius 1 is 1.04 bits per heavy atom. The summed E-state index contributed by atoms with van der Waals surface area (Å²) in [4.78, 5) is 14.5. The summed E-state index contributed by atoms with van der Waals surface area (Å²) in [6, 6.07) is 20.5. The van der Waals surface area contributed by atoms with Gasteiger partial charge in [0.05, 0.1) is 43.2 Å². The quantitative estimate of drug-likeness (QED) is 0.0717. The number of aliphatic hydroxyl groups excluding tert-OH is 1. The van der Waals surface area contributed by atoms with E-state index in [9.17, 15) is 14.3 Å². The van der Waals surface area contributed by atoms with Gasteiger partial charge in [0.25, 0.3) is 0 Å². The Labute approximate surface area is 311 Å². The lowest BCUT2D eigenvalue weighted by molar-refractivity contribution is 0.0514. The maximum Gasteiger partial charge on any atom is 0.355 e. The minimum Gasteiger partial charge on any atom is -0.497 e. The topological polar surface area (TPSA) is 87.7 Å². The number of rotatable bonds is 13. The van der Waals surface area contributed by atoms with Crippen molar-refractivity contribution in [2.75, 3.05) is 20.3 Å². The van der Waals surface area contributed by atoms with Crippen LogP contribution < -0.4 is 9.47 Å². The van der Waals surface area contributed by atoms with E-state index < -0.39 is 5.97 Å². The number of halogens is 2. The number of carbonyl (C=O) groups excluding carboxylic acids is 1. The van der Waals surface area contributed by atoms with Gasteiger partial charge in [0.2, 0.25) is 0 Å². The van der Waals surface area contributed by atoms with E-state index in [2.05, 4.69) is 0 Å². The second kappa shape index (κ2) is 15.6. The molecule has 1 aliphatic rings. The zero-order valence-electron chi connectivity index (χ0n) is 29.5. The highest BCUT2D eigenvalue weighted by atomic mass is 35.5. The molecule has 2 aromatic heterocycles. The Morgan fingerprint density at radius 2 is 1.85 bits per heavy atom. The van der Waals surface area contributed by atoms with E-state index >= 15 is 0 Å². The summed E-state index contributed by atoms with van der Waals surface area (Å²) in [6.07, 6.45) is 4.01. The fourth-order valence-electron chi connectivity index (χ4n) is 7.30. The van der Waals surface area contributed by atoms with Crippen molar-refractivity contribution >= 4 is 51.0 Å². The Bertz CT molecular complexity index is 2270. The lowest BCUT2D eigenvalue weighted by Gasteiger charge is -2.16. The third kappa shape index (κ3) is 6.99. The van der Waals surface area contributed by atoms with Gasteiger partial charge in [0.15, 0.2) is 0 Å². The van der Waals surface area contributed by atoms with Crippen LogP contribution in [0.3, 0.4) is 0 Å². The summed E-state index contributed by atoms with van der Waals surface area (Å²) in [7, 11) is 3.51. The Kier molecular flexibility index (Phi) is 10.8. The van der Waals surface area contributed by atoms with E-state index in [1.54, 1.807) is 31.9 Å². The molecule has 4 aromatic carbocycles. The Hall–Kier alpha value is -4.51. The minimum atomic E-state index is -0.409. The summed E-state index contributed by atoms with van der Waals surface area (Å²) in [5.41, 5.74) is 6.50. The van der Waals surface area contributed by atoms with Gasteiger partial charge < -0.3 is 23.9 Å². The highest BCUT2D eigenvalue weighted by molar-refractivity contribution is 7.98. The summed E-state index contributed by atoms with van der Waals surface area (Å²) >= 11 is 8.63. The van der Waals surface area contributed by atoms with Crippen molar-refractivity contribution in [1.82, 2.24) is 14.3 Å². The van der Waals surface area contributed by atoms with Gasteiger partial charge in [0.1, 0.15) is 23.0 Å². The van der Waals surface area contributed by atoms with Crippen LogP contribution in [0.4, 0.5) is 4.39 Å². The monoisotopic (exact) mass is 741 g/mol. The average molecular weight is 742 g/mol. The predicted octanol–water partition coefficient (Wildman–Crippen LogP) is 9.31. The molecule has 0 aliphatic carbocycles. The second-order valence-corrected chi connectivity index (χ2v) is 14.4. The fourth-order valence-corrected chi connectivity index (χ4v) is 8.47. The van der Waals surface area contributed by atoms with Gasteiger partial charge in [0, 0.05) is 51.8 Å². The summed E-state index contributed by atoms with van der Waals surface area (Å²) in [5.74, 6) is 1.50. The number of aryl methyl sites for hydroxylation is 3. The van der Waals surface area contributed by atoms with Crippen molar-refractivity contribution in [2.24, 2.45) is 7.05 Å². The minimum absolute atomic E-state index is 0.218. The fraction of sp³-hybridized carbons (Fsp3) is 0.317. The average Bonchev–Trinajstić information content (AvgIpc) is 3.66. The molecule has 0 unspecified atom stereocenters. The SMILES string of the molecule is CCOC(=O)c1c(CCCOc2cc(SCc3ccc(OC)cc3)cc3cc(F)ccc23)c2ccc(Cl)c(-c3c(CO)nn4c3CCCC4)c2n1C. The van der Waals surface area contributed by atoms with Crippen LogP contribution in [0.25, 0.3) is 32.8 Å². The first kappa shape index (κ1) is 35.9. The zero-order chi connectivity index (χ0) is 36.4. The number of hydrogen-bond donors (Lipinski definition) is 1. The van der Waals surface area contributed by atoms with Gasteiger partial charge in [-0.2, -0.15) is 5.10 Å². The van der Waals surface area contributed by atoms with Crippen molar-refractivity contribution in [2.45, 2.75) is 62.8 Å². The smallest absolute Gasteiger partial charge is 0.355 e. The molecular weight excluding hydrogens is 701 g/mol. The molecule has 0 saturated carbocycles. The number of carbonyl (C=O) groups is 1. The van der Waals surface area contributed by atoms with Crippen LogP contribution in [-0.2, 0) is 43.5 Å². The van der Waals surface area contributed by atoms with E-state index in [1.165, 1.54) is 12.1 Å². The number of ether oxygens (including phenoxy) is 3. The van der Waals surface area contributed by atoms with E-state index in [1.807, 2.05) is 64.8 Å². The number of fused-ring (bicyclic) bond motifs is 3. The third-order valence-corrected chi connectivity index (χ3v) is 11.0. The van der Waals surface area contributed by atoms with Crippen LogP contribution in [0.1, 0.15) is 59.2 Å². The standard InChI is InChI=1S/C41H41ClFN3O5S/c1-4-50-41(48)40-31(32-16-17-33(42)37(39(32)45(40)2)38-34(23-47)44-46-18-6-5-9-35(38)46)8-7-19-51-36-22-29(21-26-20-27(43)12-15-30(26)36)52-24-25-10-13-28(49-3)14-11-25/h10-17,20-22,47H,4-9,18-19,23-24H2,1-3H3. The van der Waals surface area contributed by atoms with Gasteiger partial charge in [-0.25, -0.2) is 9.18 Å². The zero-order valence-corrected chi connectivity index (χ0v) is 31.1. The van der Waals surface area contributed by atoms with Crippen LogP contribution >= 0.6 is 23.4 Å². The van der Waals surface area contributed by atoms with Crippen molar-refractivity contribution in [3.05, 3.63) is 106 Å². The third-order valence-electron chi connectivity index (χ3n) is 9.68. The molecule has 1 aliphatic heterocycles. The molecule has 7 rings (SSSR count). The van der Waals surface area contributed by atoms with Gasteiger partial charge in [-0.15, -0.1) is 11.8 Å². The molecule has 0 bridgehead atoms. The van der Waals surface area contributed by atoms with E-state index in [4.69, 9.17) is 30.9 Å². The number of nitrogens with zero attached hydrogens (tertiary/aromatic N) is 3. The van der Waals surface area contributed by atoms with E-state index in [0.29, 0.717) is 41.6 Å². The number of thioether (sulfide) groups is 1. The second-order valence-electron chi connectivity index (χ2n) is 12.9. The molecule has 52 heavy (non-hydrogen) atoms. The van der Waals surface area contributed by atoms with Gasteiger partial charge in [-0.05, 0) is 104 Å². The highest BCUT2D eigenvalue weighted by Gasteiger charge is 2.29. The van der Waals surface area contributed by atoms with Crippen molar-refractivity contribution in [3.8, 4) is 22.6 Å². The first-order valence-corrected chi connectivity index (χ1v) is 19.0. The number of hydrogen-bond acceptors (Lipinski definition) is 7. The lowest BCUT2D eigenvalue weighted by atomic mass is 9.95. The number of methoxy groups -OCH3 is 1. The molecular formula is C41H41ClFN3O5S. The number of esters is 1. The summed E-state index contributed by atoms with van der Waals surface area (Å²) in [5, 5.41) is 18.1. The molecule has 0 amide bonds. The molecule has 0 atom stereocenters. The molecule has 0 radical (unpaired) electrons. The number of aliphatic hydroxyl groups is 1. The van der Waals surface area contributed by atoms with Crippen LogP contribution in [-0.4, -0.2) is 45.7 Å². The predicted molar refractivity (Wildman–Crippen MR) is 204 cm³/mol. The molecule has 0 fully saturated rings. The molecule has 1 N–H and O–H groups in total.